The molecule has 8 nitrogen and oxygen atoms in total. The fraction of sp³-hybridized carbons (Fsp3) is 0.469. The van der Waals surface area contributed by atoms with Crippen molar-refractivity contribution in [2.75, 3.05) is 13.1 Å². The molecule has 0 radical (unpaired) electrons. The number of nitrogens with one attached hydrogen (secondary N) is 2. The van der Waals surface area contributed by atoms with Crippen LogP contribution in [0.15, 0.2) is 58.1 Å². The van der Waals surface area contributed by atoms with Crippen LogP contribution in [0.2, 0.25) is 0 Å². The minimum Gasteiger partial charge on any atom is -0.444 e. The van der Waals surface area contributed by atoms with Gasteiger partial charge in [0.05, 0.1) is 24.7 Å². The highest BCUT2D eigenvalue weighted by atomic mass is 19.4. The molecular weight excluding hydrogens is 580 g/mol. The number of amides is 1. The van der Waals surface area contributed by atoms with Crippen LogP contribution in [0, 0.1) is 5.82 Å². The number of alkyl carbamates (subject to hydrolysis) is 1. The molecule has 44 heavy (non-hydrogen) atoms. The van der Waals surface area contributed by atoms with Crippen LogP contribution in [0.1, 0.15) is 74.0 Å². The zero-order valence-electron chi connectivity index (χ0n) is 24.9. The van der Waals surface area contributed by atoms with E-state index in [1.165, 1.54) is 0 Å². The van der Waals surface area contributed by atoms with Gasteiger partial charge in [0.25, 0.3) is 5.56 Å². The van der Waals surface area contributed by atoms with E-state index in [4.69, 9.17) is 4.74 Å². The van der Waals surface area contributed by atoms with Gasteiger partial charge in [0, 0.05) is 22.2 Å². The normalized spacial score (nSPS) is 16.9. The predicted octanol–water partition coefficient (Wildman–Crippen LogP) is 5.05. The summed E-state index contributed by atoms with van der Waals surface area (Å²) in [6, 6.07) is 10.5. The number of carbonyl (C=O) groups is 1. The molecule has 2 heterocycles. The van der Waals surface area contributed by atoms with E-state index >= 15 is 4.39 Å². The zero-order chi connectivity index (χ0) is 31.9. The number of rotatable bonds is 6. The molecule has 1 fully saturated rings. The van der Waals surface area contributed by atoms with Crippen molar-refractivity contribution in [3.63, 3.8) is 0 Å². The number of halogens is 4. The van der Waals surface area contributed by atoms with Crippen molar-refractivity contribution in [1.29, 1.82) is 0 Å². The van der Waals surface area contributed by atoms with Crippen LogP contribution in [-0.2, 0) is 35.8 Å². The van der Waals surface area contributed by atoms with Gasteiger partial charge in [0.15, 0.2) is 0 Å². The van der Waals surface area contributed by atoms with E-state index in [9.17, 15) is 27.6 Å². The lowest BCUT2D eigenvalue weighted by molar-refractivity contribution is -0.138. The quantitative estimate of drug-likeness (QED) is 0.378. The van der Waals surface area contributed by atoms with Gasteiger partial charge in [-0.1, -0.05) is 36.4 Å². The second-order valence-electron chi connectivity index (χ2n) is 12.5. The van der Waals surface area contributed by atoms with Crippen molar-refractivity contribution in [1.82, 2.24) is 19.8 Å². The molecule has 1 spiro atoms. The molecule has 1 aromatic heterocycles. The fourth-order valence-corrected chi connectivity index (χ4v) is 6.44. The van der Waals surface area contributed by atoms with Crippen molar-refractivity contribution < 1.29 is 27.1 Å². The van der Waals surface area contributed by atoms with E-state index in [1.807, 2.05) is 0 Å². The van der Waals surface area contributed by atoms with Crippen LogP contribution < -0.4 is 21.9 Å². The second-order valence-corrected chi connectivity index (χ2v) is 12.5. The number of alkyl halides is 3. The Hall–Kier alpha value is -3.93. The van der Waals surface area contributed by atoms with E-state index in [0.717, 1.165) is 27.3 Å². The van der Waals surface area contributed by atoms with Gasteiger partial charge in [-0.05, 0) is 77.2 Å². The van der Waals surface area contributed by atoms with Crippen LogP contribution >= 0.6 is 0 Å². The van der Waals surface area contributed by atoms with E-state index in [-0.39, 0.29) is 6.54 Å². The lowest BCUT2D eigenvalue weighted by Gasteiger charge is -2.34. The van der Waals surface area contributed by atoms with Crippen LogP contribution in [0.4, 0.5) is 22.4 Å². The average molecular weight is 617 g/mol. The fourth-order valence-electron chi connectivity index (χ4n) is 6.44. The predicted molar refractivity (Wildman–Crippen MR) is 156 cm³/mol. The van der Waals surface area contributed by atoms with Crippen molar-refractivity contribution in [3.8, 4) is 0 Å². The van der Waals surface area contributed by atoms with Crippen molar-refractivity contribution in [2.24, 2.45) is 0 Å². The molecule has 0 saturated carbocycles. The molecule has 1 aliphatic heterocycles. The molecule has 1 saturated heterocycles. The Morgan fingerprint density at radius 1 is 1.00 bits per heavy atom. The summed E-state index contributed by atoms with van der Waals surface area (Å²) in [6.45, 7) is 5.35. The summed E-state index contributed by atoms with van der Waals surface area (Å²) in [5.74, 6) is -1.10. The molecule has 236 valence electrons. The lowest BCUT2D eigenvalue weighted by atomic mass is 9.75. The largest absolute Gasteiger partial charge is 0.444 e. The zero-order valence-corrected chi connectivity index (χ0v) is 24.9. The minimum atomic E-state index is -4.86. The molecule has 2 aromatic carbocycles. The van der Waals surface area contributed by atoms with Gasteiger partial charge in [0.1, 0.15) is 11.4 Å². The van der Waals surface area contributed by atoms with Gasteiger partial charge >= 0.3 is 18.0 Å². The average Bonchev–Trinajstić information content (AvgIpc) is 3.30. The third-order valence-electron chi connectivity index (χ3n) is 8.47. The first-order valence-electron chi connectivity index (χ1n) is 14.7. The van der Waals surface area contributed by atoms with Gasteiger partial charge in [0.2, 0.25) is 0 Å². The molecule has 2 aliphatic rings. The topological polar surface area (TPSA) is 94.4 Å². The summed E-state index contributed by atoms with van der Waals surface area (Å²) in [5.41, 5.74) is -3.36. The summed E-state index contributed by atoms with van der Waals surface area (Å²) in [6.07, 6.45) is -3.56. The van der Waals surface area contributed by atoms with Crippen LogP contribution in [0.25, 0.3) is 0 Å². The van der Waals surface area contributed by atoms with Crippen LogP contribution in [0.3, 0.4) is 0 Å². The standard InChI is InChI=1S/C32H36F4N4O4/c1-30(2,3)44-28(42)38-24(20-8-5-4-6-9-20)19-40-27(41)26-25(12-13-31(26)14-16-37-17-15-31)39(29(40)43)18-21-22(32(34,35)36)10-7-11-23(21)33/h4-11,24,37H,12-19H2,1-3H3,(H,38,42)/t24-/m0/s1. The molecule has 2 N–H and O–H groups in total. The number of aromatic nitrogens is 2. The maximum Gasteiger partial charge on any atom is 0.416 e. The van der Waals surface area contributed by atoms with Gasteiger partial charge in [-0.25, -0.2) is 14.0 Å². The first-order chi connectivity index (χ1) is 20.7. The highest BCUT2D eigenvalue weighted by molar-refractivity contribution is 5.68. The number of hydrogen-bond acceptors (Lipinski definition) is 5. The molecule has 1 amide bonds. The molecule has 0 unspecified atom stereocenters. The minimum absolute atomic E-state index is 0.300. The number of fused-ring (bicyclic) bond motifs is 2. The Balaban J connectivity index is 1.68. The van der Waals surface area contributed by atoms with Gasteiger partial charge in [-0.2, -0.15) is 13.2 Å². The monoisotopic (exact) mass is 616 g/mol. The molecule has 1 aliphatic carbocycles. The number of carbonyl (C=O) groups excluding carboxylic acids is 1. The number of piperidine rings is 1. The smallest absolute Gasteiger partial charge is 0.416 e. The van der Waals surface area contributed by atoms with Crippen LogP contribution in [0.5, 0.6) is 0 Å². The number of hydrogen-bond donors (Lipinski definition) is 2. The van der Waals surface area contributed by atoms with Gasteiger partial charge in [-0.3, -0.25) is 13.9 Å². The van der Waals surface area contributed by atoms with Gasteiger partial charge < -0.3 is 15.4 Å². The number of ether oxygens (including phenoxy) is 1. The maximum atomic E-state index is 15.0. The first-order valence-corrected chi connectivity index (χ1v) is 14.7. The summed E-state index contributed by atoms with van der Waals surface area (Å²) in [4.78, 5) is 41.3. The summed E-state index contributed by atoms with van der Waals surface area (Å²) in [5, 5.41) is 6.03. The van der Waals surface area contributed by atoms with E-state index in [0.29, 0.717) is 55.6 Å². The third-order valence-corrected chi connectivity index (χ3v) is 8.47. The SMILES string of the molecule is CC(C)(C)OC(=O)N[C@@H](Cn1c(=O)c2c(n(Cc3c(F)cccc3C(F)(F)F)c1=O)CCC21CCNCC1)c1ccccc1. The Kier molecular flexibility index (Phi) is 8.50. The third kappa shape index (κ3) is 6.31. The molecule has 5 rings (SSSR count). The van der Waals surface area contributed by atoms with Crippen molar-refractivity contribution in [2.45, 2.75) is 82.8 Å². The van der Waals surface area contributed by atoms with Crippen molar-refractivity contribution >= 4 is 6.09 Å². The van der Waals surface area contributed by atoms with Crippen LogP contribution in [-0.4, -0.2) is 33.9 Å². The van der Waals surface area contributed by atoms with Crippen molar-refractivity contribution in [3.05, 3.63) is 103 Å². The molecular formula is C32H36F4N4O4. The maximum absolute atomic E-state index is 15.0. The van der Waals surface area contributed by atoms with E-state index in [1.54, 1.807) is 51.1 Å². The van der Waals surface area contributed by atoms with E-state index < -0.39 is 64.1 Å². The molecule has 0 bridgehead atoms. The lowest BCUT2D eigenvalue weighted by Crippen LogP contribution is -2.49. The first kappa shape index (κ1) is 31.5. The Labute approximate surface area is 252 Å². The number of nitrogens with zero attached hydrogens (tertiary/aromatic N) is 2. The second kappa shape index (κ2) is 11.9. The Morgan fingerprint density at radius 3 is 2.32 bits per heavy atom. The highest BCUT2D eigenvalue weighted by Crippen LogP contribution is 2.43. The summed E-state index contributed by atoms with van der Waals surface area (Å²) >= 11 is 0. The van der Waals surface area contributed by atoms with E-state index in [2.05, 4.69) is 10.6 Å². The summed E-state index contributed by atoms with van der Waals surface area (Å²) < 4.78 is 64.5. The Bertz CT molecular complexity index is 1650. The highest BCUT2D eigenvalue weighted by Gasteiger charge is 2.45. The molecule has 12 heteroatoms. The number of benzene rings is 2. The molecule has 3 aromatic rings. The summed E-state index contributed by atoms with van der Waals surface area (Å²) in [7, 11) is 0. The van der Waals surface area contributed by atoms with Gasteiger partial charge in [-0.15, -0.1) is 0 Å². The molecule has 1 atom stereocenters. The Morgan fingerprint density at radius 2 is 1.68 bits per heavy atom.